The van der Waals surface area contributed by atoms with Gasteiger partial charge in [-0.05, 0) is 12.5 Å². The van der Waals surface area contributed by atoms with Crippen molar-refractivity contribution in [2.45, 2.75) is 45.7 Å². The molecule has 7 heteroatoms. The zero-order valence-corrected chi connectivity index (χ0v) is 15.6. The second kappa shape index (κ2) is 9.22. The minimum absolute atomic E-state index is 0.212. The molecule has 0 bridgehead atoms. The summed E-state index contributed by atoms with van der Waals surface area (Å²) in [7, 11) is 0. The number of nitrogens with zero attached hydrogens (tertiary/aromatic N) is 4. The number of guanidine groups is 1. The van der Waals surface area contributed by atoms with E-state index in [1.54, 1.807) is 6.33 Å². The molecule has 0 radical (unpaired) electrons. The smallest absolute Gasteiger partial charge is 0.191 e. The lowest BCUT2D eigenvalue weighted by Gasteiger charge is -2.28. The Balaban J connectivity index is 1.62. The molecule has 2 N–H and O–H groups in total. The van der Waals surface area contributed by atoms with Crippen LogP contribution in [0.25, 0.3) is 0 Å². The Morgan fingerprint density at radius 3 is 3.08 bits per heavy atom. The van der Waals surface area contributed by atoms with Gasteiger partial charge >= 0.3 is 0 Å². The first-order valence-corrected chi connectivity index (χ1v) is 9.45. The van der Waals surface area contributed by atoms with E-state index >= 15 is 0 Å². The van der Waals surface area contributed by atoms with E-state index in [-0.39, 0.29) is 6.04 Å². The zero-order chi connectivity index (χ0) is 18.2. The second-order valence-electron chi connectivity index (χ2n) is 6.32. The van der Waals surface area contributed by atoms with Gasteiger partial charge in [0.05, 0.1) is 12.6 Å². The van der Waals surface area contributed by atoms with Crippen LogP contribution in [-0.4, -0.2) is 40.4 Å². The minimum Gasteiger partial charge on any atom is -0.493 e. The molecule has 1 aliphatic rings. The highest BCUT2D eigenvalue weighted by Gasteiger charge is 2.21. The van der Waals surface area contributed by atoms with Gasteiger partial charge in [-0.3, -0.25) is 4.99 Å². The van der Waals surface area contributed by atoms with Crippen molar-refractivity contribution in [2.75, 3.05) is 19.7 Å². The molecule has 26 heavy (non-hydrogen) atoms. The molecule has 0 amide bonds. The van der Waals surface area contributed by atoms with E-state index in [1.165, 1.54) is 5.56 Å². The van der Waals surface area contributed by atoms with Crippen LogP contribution >= 0.6 is 0 Å². The second-order valence-corrected chi connectivity index (χ2v) is 6.32. The van der Waals surface area contributed by atoms with Gasteiger partial charge < -0.3 is 19.9 Å². The highest BCUT2D eigenvalue weighted by molar-refractivity contribution is 5.80. The lowest BCUT2D eigenvalue weighted by Crippen LogP contribution is -2.42. The van der Waals surface area contributed by atoms with E-state index in [9.17, 15) is 0 Å². The number of nitrogens with one attached hydrogen (secondary N) is 2. The summed E-state index contributed by atoms with van der Waals surface area (Å²) < 4.78 is 7.83. The molecule has 0 aliphatic carbocycles. The van der Waals surface area contributed by atoms with Crippen LogP contribution < -0.4 is 15.4 Å². The molecule has 0 fully saturated rings. The molecule has 0 saturated heterocycles. The summed E-state index contributed by atoms with van der Waals surface area (Å²) in [4.78, 5) is 4.68. The monoisotopic (exact) mass is 356 g/mol. The predicted molar refractivity (Wildman–Crippen MR) is 102 cm³/mol. The molecule has 1 unspecified atom stereocenters. The fraction of sp³-hybridized carbons (Fsp3) is 0.526. The number of aryl methyl sites for hydroxylation is 1. The van der Waals surface area contributed by atoms with E-state index in [0.29, 0.717) is 0 Å². The predicted octanol–water partition coefficient (Wildman–Crippen LogP) is 2.31. The first-order chi connectivity index (χ1) is 12.8. The van der Waals surface area contributed by atoms with Crippen molar-refractivity contribution in [3.63, 3.8) is 0 Å². The molecule has 1 atom stereocenters. The van der Waals surface area contributed by atoms with E-state index in [4.69, 9.17) is 4.74 Å². The van der Waals surface area contributed by atoms with E-state index < -0.39 is 0 Å². The largest absolute Gasteiger partial charge is 0.493 e. The average molecular weight is 356 g/mol. The summed E-state index contributed by atoms with van der Waals surface area (Å²) >= 11 is 0. The van der Waals surface area contributed by atoms with Gasteiger partial charge in [0.15, 0.2) is 5.96 Å². The molecule has 1 aliphatic heterocycles. The highest BCUT2D eigenvalue weighted by atomic mass is 16.5. The molecule has 1 aromatic carbocycles. The minimum atomic E-state index is 0.212. The van der Waals surface area contributed by atoms with Crippen LogP contribution in [0.5, 0.6) is 5.75 Å². The van der Waals surface area contributed by atoms with Crippen molar-refractivity contribution in [1.29, 1.82) is 0 Å². The molecule has 0 saturated carbocycles. The van der Waals surface area contributed by atoms with E-state index in [0.717, 1.165) is 63.0 Å². The van der Waals surface area contributed by atoms with Crippen molar-refractivity contribution >= 4 is 5.96 Å². The Morgan fingerprint density at radius 1 is 1.35 bits per heavy atom. The summed E-state index contributed by atoms with van der Waals surface area (Å²) in [6, 6.07) is 8.42. The van der Waals surface area contributed by atoms with E-state index in [1.807, 2.05) is 12.1 Å². The van der Waals surface area contributed by atoms with Crippen LogP contribution in [0.3, 0.4) is 0 Å². The van der Waals surface area contributed by atoms with Gasteiger partial charge in [0, 0.05) is 38.0 Å². The maximum atomic E-state index is 5.75. The summed E-state index contributed by atoms with van der Waals surface area (Å²) in [5.74, 6) is 2.81. The lowest BCUT2D eigenvalue weighted by atomic mass is 10.0. The quantitative estimate of drug-likeness (QED) is 0.588. The Labute approximate surface area is 154 Å². The van der Waals surface area contributed by atoms with Crippen LogP contribution in [0, 0.1) is 0 Å². The Bertz CT molecular complexity index is 726. The molecule has 2 heterocycles. The first kappa shape index (κ1) is 18.2. The van der Waals surface area contributed by atoms with Crippen molar-refractivity contribution in [2.24, 2.45) is 4.99 Å². The topological polar surface area (TPSA) is 76.4 Å². The van der Waals surface area contributed by atoms with Crippen molar-refractivity contribution in [1.82, 2.24) is 25.4 Å². The molecule has 2 aromatic rings. The van der Waals surface area contributed by atoms with Crippen LogP contribution in [0.15, 0.2) is 35.6 Å². The number of para-hydroxylation sites is 1. The normalized spacial score (nSPS) is 16.7. The molecule has 1 aromatic heterocycles. The van der Waals surface area contributed by atoms with Gasteiger partial charge in [-0.2, -0.15) is 0 Å². The van der Waals surface area contributed by atoms with Gasteiger partial charge in [-0.1, -0.05) is 32.0 Å². The summed E-state index contributed by atoms with van der Waals surface area (Å²) in [5.41, 5.74) is 1.19. The lowest BCUT2D eigenvalue weighted by molar-refractivity contribution is 0.261. The number of hydrogen-bond donors (Lipinski definition) is 2. The van der Waals surface area contributed by atoms with Crippen LogP contribution in [0.4, 0.5) is 0 Å². The molecule has 3 rings (SSSR count). The molecule has 140 valence electrons. The fourth-order valence-electron chi connectivity index (χ4n) is 3.07. The Kier molecular flexibility index (Phi) is 6.46. The maximum absolute atomic E-state index is 5.75. The summed E-state index contributed by atoms with van der Waals surface area (Å²) in [6.07, 6.45) is 4.61. The number of hydrogen-bond acceptors (Lipinski definition) is 4. The summed E-state index contributed by atoms with van der Waals surface area (Å²) in [5, 5.41) is 15.1. The SMILES string of the molecule is CCCN=C(NCCn1cnnc1CC)NC1CCOc2ccccc21. The Hall–Kier alpha value is -2.57. The third kappa shape index (κ3) is 4.53. The van der Waals surface area contributed by atoms with E-state index in [2.05, 4.69) is 56.4 Å². The van der Waals surface area contributed by atoms with Crippen molar-refractivity contribution in [3.05, 3.63) is 42.0 Å². The third-order valence-corrected chi connectivity index (χ3v) is 4.42. The number of ether oxygens (including phenoxy) is 1. The summed E-state index contributed by atoms with van der Waals surface area (Å²) in [6.45, 7) is 7.32. The van der Waals surface area contributed by atoms with Crippen LogP contribution in [0.1, 0.15) is 44.1 Å². The van der Waals surface area contributed by atoms with Crippen molar-refractivity contribution < 1.29 is 4.74 Å². The number of benzene rings is 1. The molecular weight excluding hydrogens is 328 g/mol. The van der Waals surface area contributed by atoms with Gasteiger partial charge in [-0.15, -0.1) is 10.2 Å². The standard InChI is InChI=1S/C19H28N6O/c1-3-10-20-19(21-11-12-25-14-22-24-18(25)4-2)23-16-9-13-26-17-8-6-5-7-15(16)17/h5-8,14,16H,3-4,9-13H2,1-2H3,(H2,20,21,23). The molecule has 7 nitrogen and oxygen atoms in total. The number of aromatic nitrogens is 3. The number of rotatable bonds is 7. The molecular formula is C19H28N6O. The first-order valence-electron chi connectivity index (χ1n) is 9.45. The molecule has 0 spiro atoms. The van der Waals surface area contributed by atoms with Gasteiger partial charge in [0.1, 0.15) is 17.9 Å². The number of aliphatic imine (C=N–C) groups is 1. The van der Waals surface area contributed by atoms with Crippen LogP contribution in [-0.2, 0) is 13.0 Å². The highest BCUT2D eigenvalue weighted by Crippen LogP contribution is 2.31. The van der Waals surface area contributed by atoms with Crippen molar-refractivity contribution in [3.8, 4) is 5.75 Å². The zero-order valence-electron chi connectivity index (χ0n) is 15.6. The Morgan fingerprint density at radius 2 is 2.23 bits per heavy atom. The number of fused-ring (bicyclic) bond motifs is 1. The average Bonchev–Trinajstić information content (AvgIpc) is 3.13. The van der Waals surface area contributed by atoms with Crippen LogP contribution in [0.2, 0.25) is 0 Å². The fourth-order valence-corrected chi connectivity index (χ4v) is 3.07. The third-order valence-electron chi connectivity index (χ3n) is 4.42. The van der Waals surface area contributed by atoms with Gasteiger partial charge in [-0.25, -0.2) is 0 Å². The van der Waals surface area contributed by atoms with Gasteiger partial charge in [0.2, 0.25) is 0 Å². The van der Waals surface area contributed by atoms with Gasteiger partial charge in [0.25, 0.3) is 0 Å². The maximum Gasteiger partial charge on any atom is 0.191 e.